The Morgan fingerprint density at radius 3 is 2.20 bits per heavy atom. The normalized spacial score (nSPS) is 11.8. The fourth-order valence-electron chi connectivity index (χ4n) is 1.69. The number of hydrogen-bond acceptors (Lipinski definition) is 2. The largest absolute Gasteiger partial charge is 0.507 e. The van der Waals surface area contributed by atoms with Crippen LogP contribution in [-0.2, 0) is 18.4 Å². The lowest BCUT2D eigenvalue weighted by atomic mass is 9.84. The quantitative estimate of drug-likeness (QED) is 0.784. The van der Waals surface area contributed by atoms with Crippen LogP contribution in [0.4, 0.5) is 0 Å². The summed E-state index contributed by atoms with van der Waals surface area (Å²) >= 11 is 0. The molecule has 15 heavy (non-hydrogen) atoms. The van der Waals surface area contributed by atoms with Gasteiger partial charge in [-0.15, -0.1) is 0 Å². The number of hydrogen-bond donors (Lipinski definition) is 2. The van der Waals surface area contributed by atoms with Gasteiger partial charge in [-0.2, -0.15) is 0 Å². The monoisotopic (exact) mass is 208 g/mol. The molecule has 0 atom stereocenters. The molecule has 0 bridgehead atoms. The van der Waals surface area contributed by atoms with Gasteiger partial charge in [-0.1, -0.05) is 27.7 Å². The van der Waals surface area contributed by atoms with Crippen molar-refractivity contribution >= 4 is 0 Å². The van der Waals surface area contributed by atoms with Gasteiger partial charge in [0, 0.05) is 0 Å². The predicted octanol–water partition coefficient (Wildman–Crippen LogP) is 2.74. The molecule has 0 unspecified atom stereocenters. The van der Waals surface area contributed by atoms with E-state index in [1.807, 2.05) is 19.1 Å². The molecule has 1 aromatic rings. The van der Waals surface area contributed by atoms with Crippen LogP contribution in [0.1, 0.15) is 44.4 Å². The van der Waals surface area contributed by atoms with Crippen molar-refractivity contribution in [3.63, 3.8) is 0 Å². The average molecular weight is 208 g/mol. The SMILES string of the molecule is CCc1cc(CO)cc(C(C)(C)C)c1O. The van der Waals surface area contributed by atoms with Gasteiger partial charge in [-0.25, -0.2) is 0 Å². The molecule has 84 valence electrons. The maximum atomic E-state index is 10.1. The number of aliphatic hydroxyl groups excluding tert-OH is 1. The van der Waals surface area contributed by atoms with Gasteiger partial charge in [0.1, 0.15) is 5.75 Å². The van der Waals surface area contributed by atoms with E-state index in [4.69, 9.17) is 5.11 Å². The summed E-state index contributed by atoms with van der Waals surface area (Å²) in [4.78, 5) is 0. The molecule has 0 amide bonds. The third-order valence-electron chi connectivity index (χ3n) is 2.62. The van der Waals surface area contributed by atoms with E-state index < -0.39 is 0 Å². The second kappa shape index (κ2) is 4.23. The van der Waals surface area contributed by atoms with Gasteiger partial charge in [0.2, 0.25) is 0 Å². The Morgan fingerprint density at radius 1 is 1.20 bits per heavy atom. The molecule has 0 saturated heterocycles. The van der Waals surface area contributed by atoms with Gasteiger partial charge in [0.15, 0.2) is 0 Å². The predicted molar refractivity (Wildman–Crippen MR) is 62.1 cm³/mol. The topological polar surface area (TPSA) is 40.5 Å². The average Bonchev–Trinajstić information content (AvgIpc) is 2.16. The summed E-state index contributed by atoms with van der Waals surface area (Å²) in [7, 11) is 0. The molecule has 2 N–H and O–H groups in total. The van der Waals surface area contributed by atoms with Crippen molar-refractivity contribution in [2.45, 2.75) is 46.1 Å². The van der Waals surface area contributed by atoms with Crippen LogP contribution in [0.3, 0.4) is 0 Å². The van der Waals surface area contributed by atoms with Gasteiger partial charge in [-0.3, -0.25) is 0 Å². The van der Waals surface area contributed by atoms with Gasteiger partial charge < -0.3 is 10.2 Å². The summed E-state index contributed by atoms with van der Waals surface area (Å²) in [6, 6.07) is 3.75. The standard InChI is InChI=1S/C13H20O2/c1-5-10-6-9(8-14)7-11(12(10)15)13(2,3)4/h6-7,14-15H,5,8H2,1-4H3. The number of rotatable bonds is 2. The van der Waals surface area contributed by atoms with Crippen molar-refractivity contribution in [3.8, 4) is 5.75 Å². The summed E-state index contributed by atoms with van der Waals surface area (Å²) in [5.74, 6) is 0.377. The van der Waals surface area contributed by atoms with Crippen LogP contribution in [-0.4, -0.2) is 10.2 Å². The summed E-state index contributed by atoms with van der Waals surface area (Å²) in [6.45, 7) is 8.20. The maximum Gasteiger partial charge on any atom is 0.122 e. The van der Waals surface area contributed by atoms with E-state index in [0.717, 1.165) is 23.1 Å². The first-order chi connectivity index (χ1) is 6.90. The van der Waals surface area contributed by atoms with Crippen molar-refractivity contribution in [2.24, 2.45) is 0 Å². The highest BCUT2D eigenvalue weighted by molar-refractivity contribution is 5.46. The van der Waals surface area contributed by atoms with Crippen LogP contribution in [0.25, 0.3) is 0 Å². The molecule has 0 radical (unpaired) electrons. The van der Waals surface area contributed by atoms with E-state index in [1.54, 1.807) is 0 Å². The highest BCUT2D eigenvalue weighted by Gasteiger charge is 2.20. The van der Waals surface area contributed by atoms with Crippen LogP contribution >= 0.6 is 0 Å². The Kier molecular flexibility index (Phi) is 3.40. The lowest BCUT2D eigenvalue weighted by Gasteiger charge is -2.22. The van der Waals surface area contributed by atoms with Crippen LogP contribution in [0.15, 0.2) is 12.1 Å². The molecule has 0 aromatic heterocycles. The fourth-order valence-corrected chi connectivity index (χ4v) is 1.69. The van der Waals surface area contributed by atoms with Crippen molar-refractivity contribution in [2.75, 3.05) is 0 Å². The Hall–Kier alpha value is -1.02. The molecule has 2 heteroatoms. The molecule has 0 heterocycles. The first-order valence-electron chi connectivity index (χ1n) is 5.36. The number of phenols is 1. The van der Waals surface area contributed by atoms with E-state index in [9.17, 15) is 5.11 Å². The van der Waals surface area contributed by atoms with Gasteiger partial charge >= 0.3 is 0 Å². The number of aromatic hydroxyl groups is 1. The third kappa shape index (κ3) is 2.51. The second-order valence-electron chi connectivity index (χ2n) is 4.91. The molecule has 1 rings (SSSR count). The molecule has 0 aliphatic carbocycles. The van der Waals surface area contributed by atoms with Crippen LogP contribution in [0.2, 0.25) is 0 Å². The minimum atomic E-state index is -0.0980. The molecular weight excluding hydrogens is 188 g/mol. The van der Waals surface area contributed by atoms with E-state index >= 15 is 0 Å². The van der Waals surface area contributed by atoms with Crippen LogP contribution in [0, 0.1) is 0 Å². The number of aryl methyl sites for hydroxylation is 1. The number of aliphatic hydroxyl groups is 1. The molecule has 0 aliphatic rings. The zero-order valence-corrected chi connectivity index (χ0v) is 9.96. The lowest BCUT2D eigenvalue weighted by molar-refractivity contribution is 0.281. The molecule has 0 aliphatic heterocycles. The molecular formula is C13H20O2. The summed E-state index contributed by atoms with van der Waals surface area (Å²) in [5.41, 5.74) is 2.59. The number of benzene rings is 1. The summed E-state index contributed by atoms with van der Waals surface area (Å²) < 4.78 is 0. The molecule has 0 fully saturated rings. The Morgan fingerprint density at radius 2 is 1.80 bits per heavy atom. The maximum absolute atomic E-state index is 10.1. The fraction of sp³-hybridized carbons (Fsp3) is 0.538. The summed E-state index contributed by atoms with van der Waals surface area (Å²) in [6.07, 6.45) is 0.781. The van der Waals surface area contributed by atoms with Crippen LogP contribution < -0.4 is 0 Å². The number of phenolic OH excluding ortho intramolecular Hbond substituents is 1. The smallest absolute Gasteiger partial charge is 0.122 e. The Bertz CT molecular complexity index is 348. The zero-order chi connectivity index (χ0) is 11.6. The molecule has 0 saturated carbocycles. The van der Waals surface area contributed by atoms with Crippen molar-refractivity contribution in [1.82, 2.24) is 0 Å². The van der Waals surface area contributed by atoms with E-state index in [-0.39, 0.29) is 12.0 Å². The van der Waals surface area contributed by atoms with Gasteiger partial charge in [0.25, 0.3) is 0 Å². The van der Waals surface area contributed by atoms with Crippen molar-refractivity contribution in [3.05, 3.63) is 28.8 Å². The molecule has 2 nitrogen and oxygen atoms in total. The molecule has 0 spiro atoms. The highest BCUT2D eigenvalue weighted by Crippen LogP contribution is 2.34. The van der Waals surface area contributed by atoms with Crippen molar-refractivity contribution < 1.29 is 10.2 Å². The first-order valence-corrected chi connectivity index (χ1v) is 5.36. The molecule has 1 aromatic carbocycles. The third-order valence-corrected chi connectivity index (χ3v) is 2.62. The summed E-state index contributed by atoms with van der Waals surface area (Å²) in [5, 5.41) is 19.2. The Balaban J connectivity index is 3.37. The van der Waals surface area contributed by atoms with E-state index in [2.05, 4.69) is 20.8 Å². The van der Waals surface area contributed by atoms with Crippen molar-refractivity contribution in [1.29, 1.82) is 0 Å². The lowest BCUT2D eigenvalue weighted by Crippen LogP contribution is -2.13. The van der Waals surface area contributed by atoms with Crippen LogP contribution in [0.5, 0.6) is 5.75 Å². The minimum absolute atomic E-state index is 0.0242. The van der Waals surface area contributed by atoms with Gasteiger partial charge in [-0.05, 0) is 40.7 Å². The van der Waals surface area contributed by atoms with Gasteiger partial charge in [0.05, 0.1) is 6.61 Å². The van der Waals surface area contributed by atoms with E-state index in [1.165, 1.54) is 0 Å². The minimum Gasteiger partial charge on any atom is -0.507 e. The first kappa shape index (κ1) is 12.1. The Labute approximate surface area is 91.6 Å². The van der Waals surface area contributed by atoms with E-state index in [0.29, 0.717) is 5.75 Å². The second-order valence-corrected chi connectivity index (χ2v) is 4.91. The zero-order valence-electron chi connectivity index (χ0n) is 9.96. The highest BCUT2D eigenvalue weighted by atomic mass is 16.3.